The fourth-order valence-corrected chi connectivity index (χ4v) is 2.63. The number of nitrogens with zero attached hydrogens (tertiary/aromatic N) is 2. The Morgan fingerprint density at radius 2 is 1.86 bits per heavy atom. The predicted molar refractivity (Wildman–Crippen MR) is 92.9 cm³/mol. The van der Waals surface area contributed by atoms with Crippen molar-refractivity contribution >= 4 is 5.96 Å². The van der Waals surface area contributed by atoms with Crippen LogP contribution >= 0.6 is 0 Å². The van der Waals surface area contributed by atoms with E-state index in [2.05, 4.69) is 50.2 Å². The monoisotopic (exact) mass is 296 g/mol. The molecule has 1 heterocycles. The second-order valence-corrected chi connectivity index (χ2v) is 7.33. The van der Waals surface area contributed by atoms with Crippen molar-refractivity contribution < 1.29 is 0 Å². The van der Waals surface area contributed by atoms with Gasteiger partial charge in [-0.15, -0.1) is 0 Å². The van der Waals surface area contributed by atoms with Crippen LogP contribution in [0.3, 0.4) is 0 Å². The Morgan fingerprint density at radius 3 is 2.38 bits per heavy atom. The van der Waals surface area contributed by atoms with Crippen LogP contribution in [0.2, 0.25) is 0 Å². The molecule has 0 aromatic heterocycles. The third-order valence-corrected chi connectivity index (χ3v) is 3.94. The molecule has 0 amide bonds. The molecule has 0 unspecified atom stereocenters. The second kappa shape index (κ2) is 9.29. The van der Waals surface area contributed by atoms with Crippen molar-refractivity contribution in [1.82, 2.24) is 15.5 Å². The van der Waals surface area contributed by atoms with Gasteiger partial charge in [-0.1, -0.05) is 27.7 Å². The van der Waals surface area contributed by atoms with Crippen molar-refractivity contribution in [3.63, 3.8) is 0 Å². The molecule has 0 aromatic carbocycles. The topological polar surface area (TPSA) is 39.7 Å². The van der Waals surface area contributed by atoms with Gasteiger partial charge in [-0.3, -0.25) is 4.99 Å². The maximum atomic E-state index is 4.73. The van der Waals surface area contributed by atoms with Crippen LogP contribution < -0.4 is 10.6 Å². The molecule has 0 atom stereocenters. The lowest BCUT2D eigenvalue weighted by atomic mass is 9.92. The molecule has 1 aliphatic heterocycles. The predicted octanol–water partition coefficient (Wildman–Crippen LogP) is 2.85. The van der Waals surface area contributed by atoms with Crippen LogP contribution in [0, 0.1) is 5.41 Å². The van der Waals surface area contributed by atoms with Crippen molar-refractivity contribution in [2.24, 2.45) is 10.4 Å². The quantitative estimate of drug-likeness (QED) is 0.585. The first kappa shape index (κ1) is 18.3. The van der Waals surface area contributed by atoms with Crippen LogP contribution in [-0.4, -0.2) is 49.6 Å². The van der Waals surface area contributed by atoms with Crippen molar-refractivity contribution in [2.45, 2.75) is 66.3 Å². The van der Waals surface area contributed by atoms with Gasteiger partial charge in [0.2, 0.25) is 0 Å². The van der Waals surface area contributed by atoms with E-state index in [9.17, 15) is 0 Å². The Bertz CT molecular complexity index is 298. The maximum absolute atomic E-state index is 4.73. The number of rotatable bonds is 6. The fraction of sp³-hybridized carbons (Fsp3) is 0.941. The largest absolute Gasteiger partial charge is 0.357 e. The number of likely N-dealkylation sites (tertiary alicyclic amines) is 1. The van der Waals surface area contributed by atoms with Crippen LogP contribution in [0.15, 0.2) is 4.99 Å². The minimum absolute atomic E-state index is 0.353. The van der Waals surface area contributed by atoms with Crippen molar-refractivity contribution in [2.75, 3.05) is 32.7 Å². The highest BCUT2D eigenvalue weighted by Crippen LogP contribution is 2.17. The van der Waals surface area contributed by atoms with Gasteiger partial charge < -0.3 is 15.5 Å². The molecule has 0 spiro atoms. The van der Waals surface area contributed by atoms with E-state index in [1.54, 1.807) is 0 Å². The van der Waals surface area contributed by atoms with Crippen molar-refractivity contribution in [1.29, 1.82) is 0 Å². The van der Waals surface area contributed by atoms with Gasteiger partial charge in [0, 0.05) is 32.2 Å². The SMILES string of the molecule is CCCN1CCC(NC(=NCCC(C)(C)C)NCC)CC1. The van der Waals surface area contributed by atoms with Gasteiger partial charge in [0.05, 0.1) is 0 Å². The van der Waals surface area contributed by atoms with Crippen molar-refractivity contribution in [3.05, 3.63) is 0 Å². The first-order chi connectivity index (χ1) is 9.94. The molecular formula is C17H36N4. The molecule has 0 bridgehead atoms. The van der Waals surface area contributed by atoms with Crippen LogP contribution in [0.25, 0.3) is 0 Å². The number of hydrogen-bond donors (Lipinski definition) is 2. The number of hydrogen-bond acceptors (Lipinski definition) is 2. The highest BCUT2D eigenvalue weighted by molar-refractivity contribution is 5.80. The summed E-state index contributed by atoms with van der Waals surface area (Å²) in [7, 11) is 0. The maximum Gasteiger partial charge on any atom is 0.191 e. The van der Waals surface area contributed by atoms with Crippen LogP contribution in [0.1, 0.15) is 60.3 Å². The normalized spacial score (nSPS) is 18.8. The van der Waals surface area contributed by atoms with Gasteiger partial charge in [0.1, 0.15) is 0 Å². The molecule has 1 rings (SSSR count). The zero-order chi connectivity index (χ0) is 15.7. The van der Waals surface area contributed by atoms with E-state index in [0.29, 0.717) is 11.5 Å². The fourth-order valence-electron chi connectivity index (χ4n) is 2.63. The van der Waals surface area contributed by atoms with E-state index in [0.717, 1.165) is 25.5 Å². The average molecular weight is 297 g/mol. The summed E-state index contributed by atoms with van der Waals surface area (Å²) in [6.07, 6.45) is 4.83. The summed E-state index contributed by atoms with van der Waals surface area (Å²) < 4.78 is 0. The van der Waals surface area contributed by atoms with E-state index < -0.39 is 0 Å². The molecule has 4 nitrogen and oxygen atoms in total. The zero-order valence-corrected chi connectivity index (χ0v) is 14.8. The molecule has 0 radical (unpaired) electrons. The molecule has 0 saturated carbocycles. The summed E-state index contributed by atoms with van der Waals surface area (Å²) in [5.41, 5.74) is 0.353. The minimum Gasteiger partial charge on any atom is -0.357 e. The summed E-state index contributed by atoms with van der Waals surface area (Å²) in [6, 6.07) is 0.575. The van der Waals surface area contributed by atoms with E-state index in [4.69, 9.17) is 4.99 Å². The summed E-state index contributed by atoms with van der Waals surface area (Å²) in [5.74, 6) is 0.996. The van der Waals surface area contributed by atoms with Gasteiger partial charge in [0.25, 0.3) is 0 Å². The Labute approximate surface area is 131 Å². The standard InChI is InChI=1S/C17H36N4/c1-6-12-21-13-8-15(9-14-21)20-16(18-7-2)19-11-10-17(3,4)5/h15H,6-14H2,1-5H3,(H2,18,19,20). The smallest absolute Gasteiger partial charge is 0.191 e. The van der Waals surface area contributed by atoms with Crippen LogP contribution in [0.5, 0.6) is 0 Å². The number of guanidine groups is 1. The molecular weight excluding hydrogens is 260 g/mol. The highest BCUT2D eigenvalue weighted by Gasteiger charge is 2.19. The molecule has 2 N–H and O–H groups in total. The third kappa shape index (κ3) is 8.30. The Balaban J connectivity index is 2.38. The van der Waals surface area contributed by atoms with E-state index in [1.165, 1.54) is 38.9 Å². The highest BCUT2D eigenvalue weighted by atomic mass is 15.2. The van der Waals surface area contributed by atoms with E-state index >= 15 is 0 Å². The molecule has 4 heteroatoms. The molecule has 1 saturated heterocycles. The van der Waals surface area contributed by atoms with Crippen LogP contribution in [-0.2, 0) is 0 Å². The first-order valence-electron chi connectivity index (χ1n) is 8.72. The molecule has 1 aliphatic rings. The number of nitrogens with one attached hydrogen (secondary N) is 2. The zero-order valence-electron chi connectivity index (χ0n) is 14.8. The Hall–Kier alpha value is -0.770. The first-order valence-corrected chi connectivity index (χ1v) is 8.72. The number of aliphatic imine (C=N–C) groups is 1. The van der Waals surface area contributed by atoms with E-state index in [-0.39, 0.29) is 0 Å². The summed E-state index contributed by atoms with van der Waals surface area (Å²) in [6.45, 7) is 16.7. The Kier molecular flexibility index (Phi) is 8.09. The molecule has 1 fully saturated rings. The second-order valence-electron chi connectivity index (χ2n) is 7.33. The van der Waals surface area contributed by atoms with Gasteiger partial charge in [-0.2, -0.15) is 0 Å². The van der Waals surface area contributed by atoms with Crippen LogP contribution in [0.4, 0.5) is 0 Å². The third-order valence-electron chi connectivity index (χ3n) is 3.94. The lowest BCUT2D eigenvalue weighted by molar-refractivity contribution is 0.206. The van der Waals surface area contributed by atoms with Gasteiger partial charge in [-0.05, 0) is 44.6 Å². The molecule has 0 aliphatic carbocycles. The minimum atomic E-state index is 0.353. The lowest BCUT2D eigenvalue weighted by Crippen LogP contribution is -2.48. The molecule has 0 aromatic rings. The van der Waals surface area contributed by atoms with Gasteiger partial charge in [-0.25, -0.2) is 0 Å². The summed E-state index contributed by atoms with van der Waals surface area (Å²) in [5, 5.41) is 7.00. The summed E-state index contributed by atoms with van der Waals surface area (Å²) >= 11 is 0. The van der Waals surface area contributed by atoms with E-state index in [1.807, 2.05) is 0 Å². The average Bonchev–Trinajstić information content (AvgIpc) is 2.40. The van der Waals surface area contributed by atoms with Gasteiger partial charge in [0.15, 0.2) is 5.96 Å². The van der Waals surface area contributed by atoms with Crippen molar-refractivity contribution in [3.8, 4) is 0 Å². The summed E-state index contributed by atoms with van der Waals surface area (Å²) in [4.78, 5) is 7.30. The number of piperidine rings is 1. The van der Waals surface area contributed by atoms with Gasteiger partial charge >= 0.3 is 0 Å². The molecule has 21 heavy (non-hydrogen) atoms. The molecule has 124 valence electrons. The Morgan fingerprint density at radius 1 is 1.19 bits per heavy atom. The lowest BCUT2D eigenvalue weighted by Gasteiger charge is -2.32.